The van der Waals surface area contributed by atoms with Crippen molar-refractivity contribution in [2.75, 3.05) is 0 Å². The lowest BCUT2D eigenvalue weighted by Gasteiger charge is -2.46. The molecule has 0 amide bonds. The van der Waals surface area contributed by atoms with E-state index in [2.05, 4.69) is 6.92 Å². The Morgan fingerprint density at radius 2 is 1.64 bits per heavy atom. The van der Waals surface area contributed by atoms with E-state index in [4.69, 9.17) is 0 Å². The molecule has 0 N–H and O–H groups in total. The fourth-order valence-corrected chi connectivity index (χ4v) is 3.24. The van der Waals surface area contributed by atoms with E-state index in [1.807, 2.05) is 0 Å². The van der Waals surface area contributed by atoms with E-state index in [1.54, 1.807) is 38.5 Å². The summed E-state index contributed by atoms with van der Waals surface area (Å²) in [6.07, 6.45) is 12.3. The molecule has 11 heavy (non-hydrogen) atoms. The third kappa shape index (κ3) is 1.32. The number of fused-ring (bicyclic) bond motifs is 3. The Balaban J connectivity index is 2.00. The molecule has 0 spiro atoms. The first-order chi connectivity index (χ1) is 5.35. The molecule has 3 aliphatic rings. The van der Waals surface area contributed by atoms with E-state index < -0.39 is 0 Å². The summed E-state index contributed by atoms with van der Waals surface area (Å²) in [5, 5.41) is 0. The Morgan fingerprint density at radius 1 is 1.09 bits per heavy atom. The van der Waals surface area contributed by atoms with Crippen molar-refractivity contribution in [3.8, 4) is 0 Å². The van der Waals surface area contributed by atoms with Gasteiger partial charge in [0.05, 0.1) is 0 Å². The fourth-order valence-electron chi connectivity index (χ4n) is 3.24. The Labute approximate surface area is 70.4 Å². The predicted octanol–water partition coefficient (Wildman–Crippen LogP) is 3.76. The van der Waals surface area contributed by atoms with E-state index >= 15 is 0 Å². The summed E-state index contributed by atoms with van der Waals surface area (Å²) in [6.45, 7) is 2.34. The molecule has 0 aromatic heterocycles. The monoisotopic (exact) mass is 152 g/mol. The molecule has 0 aliphatic heterocycles. The van der Waals surface area contributed by atoms with Crippen LogP contribution in [0.5, 0.6) is 0 Å². The number of hydrogen-bond donors (Lipinski definition) is 0. The molecule has 0 heterocycles. The highest BCUT2D eigenvalue weighted by molar-refractivity contribution is 4.91. The topological polar surface area (TPSA) is 0 Å². The van der Waals surface area contributed by atoms with Gasteiger partial charge in [0.2, 0.25) is 0 Å². The van der Waals surface area contributed by atoms with Crippen LogP contribution < -0.4 is 0 Å². The standard InChI is InChI=1S/C11H20/c1-2-6-11-7-3-10(4-8-11)5-9-11/h10H,2-9H2,1H3. The van der Waals surface area contributed by atoms with Gasteiger partial charge in [-0.25, -0.2) is 0 Å². The first-order valence-electron chi connectivity index (χ1n) is 5.35. The molecule has 3 aliphatic carbocycles. The van der Waals surface area contributed by atoms with E-state index in [9.17, 15) is 0 Å². The van der Waals surface area contributed by atoms with Crippen LogP contribution in [0.2, 0.25) is 0 Å². The Hall–Kier alpha value is 0. The normalized spacial score (nSPS) is 42.8. The first-order valence-corrected chi connectivity index (χ1v) is 5.35. The third-order valence-electron chi connectivity index (χ3n) is 4.03. The predicted molar refractivity (Wildman–Crippen MR) is 48.5 cm³/mol. The average Bonchev–Trinajstić information content (AvgIpc) is 2.07. The van der Waals surface area contributed by atoms with E-state index in [0.29, 0.717) is 0 Å². The minimum atomic E-state index is 0.837. The molecular weight excluding hydrogens is 132 g/mol. The van der Waals surface area contributed by atoms with Crippen LogP contribution in [0.25, 0.3) is 0 Å². The maximum Gasteiger partial charge on any atom is -0.0297 e. The zero-order valence-electron chi connectivity index (χ0n) is 7.73. The van der Waals surface area contributed by atoms with Gasteiger partial charge in [-0.3, -0.25) is 0 Å². The van der Waals surface area contributed by atoms with E-state index in [1.165, 1.54) is 12.8 Å². The lowest BCUT2D eigenvalue weighted by molar-refractivity contribution is 0.0560. The van der Waals surface area contributed by atoms with Crippen LogP contribution in [0.4, 0.5) is 0 Å². The van der Waals surface area contributed by atoms with Crippen molar-refractivity contribution in [3.63, 3.8) is 0 Å². The minimum absolute atomic E-state index is 0.837. The van der Waals surface area contributed by atoms with Gasteiger partial charge in [0, 0.05) is 0 Å². The molecule has 0 saturated heterocycles. The van der Waals surface area contributed by atoms with Gasteiger partial charge < -0.3 is 0 Å². The average molecular weight is 152 g/mol. The highest BCUT2D eigenvalue weighted by Crippen LogP contribution is 2.52. The highest BCUT2D eigenvalue weighted by atomic mass is 14.4. The van der Waals surface area contributed by atoms with Crippen LogP contribution in [0.3, 0.4) is 0 Å². The summed E-state index contributed by atoms with van der Waals surface area (Å²) in [7, 11) is 0. The summed E-state index contributed by atoms with van der Waals surface area (Å²) in [5.74, 6) is 1.13. The Bertz CT molecular complexity index is 109. The Kier molecular flexibility index (Phi) is 1.95. The van der Waals surface area contributed by atoms with Gasteiger partial charge in [0.1, 0.15) is 0 Å². The van der Waals surface area contributed by atoms with Crippen molar-refractivity contribution < 1.29 is 0 Å². The van der Waals surface area contributed by atoms with Gasteiger partial charge in [-0.05, 0) is 56.3 Å². The second-order valence-corrected chi connectivity index (χ2v) is 4.73. The molecule has 0 unspecified atom stereocenters. The van der Waals surface area contributed by atoms with E-state index in [-0.39, 0.29) is 0 Å². The maximum absolute atomic E-state index is 2.34. The SMILES string of the molecule is CCCC12CCC(CC1)CC2. The van der Waals surface area contributed by atoms with Gasteiger partial charge >= 0.3 is 0 Å². The molecule has 3 saturated carbocycles. The summed E-state index contributed by atoms with van der Waals surface area (Å²) >= 11 is 0. The van der Waals surface area contributed by atoms with E-state index in [0.717, 1.165) is 11.3 Å². The summed E-state index contributed by atoms with van der Waals surface area (Å²) in [6, 6.07) is 0. The Morgan fingerprint density at radius 3 is 2.09 bits per heavy atom. The lowest BCUT2D eigenvalue weighted by Crippen LogP contribution is -2.33. The number of hydrogen-bond acceptors (Lipinski definition) is 0. The third-order valence-corrected chi connectivity index (χ3v) is 4.03. The van der Waals surface area contributed by atoms with Crippen molar-refractivity contribution in [2.24, 2.45) is 11.3 Å². The number of rotatable bonds is 2. The quantitative estimate of drug-likeness (QED) is 0.565. The molecule has 0 nitrogen and oxygen atoms in total. The van der Waals surface area contributed by atoms with Gasteiger partial charge in [-0.1, -0.05) is 13.3 Å². The second kappa shape index (κ2) is 2.80. The molecular formula is C11H20. The lowest BCUT2D eigenvalue weighted by atomic mass is 9.59. The van der Waals surface area contributed by atoms with Crippen molar-refractivity contribution in [3.05, 3.63) is 0 Å². The van der Waals surface area contributed by atoms with Gasteiger partial charge in [0.15, 0.2) is 0 Å². The van der Waals surface area contributed by atoms with Crippen molar-refractivity contribution >= 4 is 0 Å². The molecule has 0 aromatic carbocycles. The smallest absolute Gasteiger partial charge is 0.0297 e. The van der Waals surface area contributed by atoms with Crippen molar-refractivity contribution in [1.82, 2.24) is 0 Å². The molecule has 0 aromatic rings. The molecule has 3 rings (SSSR count). The largest absolute Gasteiger partial charge is 0.0654 e. The minimum Gasteiger partial charge on any atom is -0.0654 e. The summed E-state index contributed by atoms with van der Waals surface area (Å²) in [5.41, 5.74) is 0.837. The van der Waals surface area contributed by atoms with Gasteiger partial charge in [-0.2, -0.15) is 0 Å². The van der Waals surface area contributed by atoms with Gasteiger partial charge in [-0.15, -0.1) is 0 Å². The highest BCUT2D eigenvalue weighted by Gasteiger charge is 2.39. The van der Waals surface area contributed by atoms with Crippen molar-refractivity contribution in [1.29, 1.82) is 0 Å². The second-order valence-electron chi connectivity index (χ2n) is 4.73. The van der Waals surface area contributed by atoms with Crippen LogP contribution in [0.15, 0.2) is 0 Å². The fraction of sp³-hybridized carbons (Fsp3) is 1.00. The van der Waals surface area contributed by atoms with Crippen molar-refractivity contribution in [2.45, 2.75) is 58.3 Å². The molecule has 64 valence electrons. The molecule has 0 heteroatoms. The molecule has 2 bridgehead atoms. The summed E-state index contributed by atoms with van der Waals surface area (Å²) in [4.78, 5) is 0. The molecule has 0 atom stereocenters. The zero-order chi connectivity index (χ0) is 7.73. The maximum atomic E-state index is 2.34. The van der Waals surface area contributed by atoms with Crippen LogP contribution in [0, 0.1) is 11.3 Å². The molecule has 3 fully saturated rings. The van der Waals surface area contributed by atoms with Crippen LogP contribution >= 0.6 is 0 Å². The van der Waals surface area contributed by atoms with Crippen LogP contribution in [-0.2, 0) is 0 Å². The molecule has 0 radical (unpaired) electrons. The zero-order valence-corrected chi connectivity index (χ0v) is 7.73. The van der Waals surface area contributed by atoms with Crippen LogP contribution in [0.1, 0.15) is 58.3 Å². The first kappa shape index (κ1) is 7.64. The van der Waals surface area contributed by atoms with Gasteiger partial charge in [0.25, 0.3) is 0 Å². The van der Waals surface area contributed by atoms with Crippen LogP contribution in [-0.4, -0.2) is 0 Å². The summed E-state index contributed by atoms with van der Waals surface area (Å²) < 4.78 is 0.